The van der Waals surface area contributed by atoms with Crippen LogP contribution in [0, 0.1) is 11.6 Å². The molecule has 0 spiro atoms. The fourth-order valence-corrected chi connectivity index (χ4v) is 5.59. The van der Waals surface area contributed by atoms with E-state index in [1.165, 1.54) is 18.2 Å². The largest absolute Gasteiger partial charge is 0.369 e. The summed E-state index contributed by atoms with van der Waals surface area (Å²) in [7, 11) is 0. The minimum atomic E-state index is -0.705. The maximum atomic E-state index is 14.8. The Hall–Kier alpha value is -4.41. The van der Waals surface area contributed by atoms with Crippen LogP contribution in [-0.2, 0) is 6.54 Å². The van der Waals surface area contributed by atoms with Gasteiger partial charge >= 0.3 is 0 Å². The average molecular weight is 587 g/mol. The molecule has 8 nitrogen and oxygen atoms in total. The summed E-state index contributed by atoms with van der Waals surface area (Å²) >= 11 is 6.33. The third kappa shape index (κ3) is 5.68. The molecule has 0 aliphatic carbocycles. The summed E-state index contributed by atoms with van der Waals surface area (Å²) in [6.45, 7) is 5.95. The van der Waals surface area contributed by atoms with Gasteiger partial charge in [-0.15, -0.1) is 0 Å². The number of fused-ring (bicyclic) bond motifs is 3. The number of nitrogens with zero attached hydrogens (tertiary/aromatic N) is 5. The van der Waals surface area contributed by atoms with E-state index in [2.05, 4.69) is 44.3 Å². The van der Waals surface area contributed by atoms with Crippen LogP contribution in [0.1, 0.15) is 30.5 Å². The number of nitrogens with two attached hydrogens (primary N) is 1. The molecule has 3 aromatic carbocycles. The Balaban J connectivity index is 1.31. The van der Waals surface area contributed by atoms with E-state index in [4.69, 9.17) is 22.3 Å². The number of aliphatic imine (C=N–C) groups is 2. The zero-order chi connectivity index (χ0) is 29.4. The van der Waals surface area contributed by atoms with Crippen LogP contribution in [0.2, 0.25) is 5.02 Å². The fraction of sp³-hybridized carbons (Fsp3) is 0.226. The molecular formula is C31H29ClF2N8. The maximum Gasteiger partial charge on any atom is 0.227 e. The third-order valence-corrected chi connectivity index (χ3v) is 7.43. The van der Waals surface area contributed by atoms with E-state index < -0.39 is 11.6 Å². The number of rotatable bonds is 4. The Morgan fingerprint density at radius 1 is 1.02 bits per heavy atom. The van der Waals surface area contributed by atoms with Crippen LogP contribution in [-0.4, -0.2) is 51.7 Å². The van der Waals surface area contributed by atoms with Gasteiger partial charge in [-0.3, -0.25) is 4.99 Å². The molecule has 0 bridgehead atoms. The first-order valence-electron chi connectivity index (χ1n) is 13.6. The van der Waals surface area contributed by atoms with Crippen molar-refractivity contribution in [2.24, 2.45) is 15.7 Å². The highest BCUT2D eigenvalue weighted by molar-refractivity contribution is 6.31. The molecular weight excluding hydrogens is 558 g/mol. The highest BCUT2D eigenvalue weighted by Crippen LogP contribution is 2.35. The van der Waals surface area contributed by atoms with Crippen LogP contribution in [0.5, 0.6) is 0 Å². The van der Waals surface area contributed by atoms with Crippen LogP contribution in [0.3, 0.4) is 0 Å². The lowest BCUT2D eigenvalue weighted by Gasteiger charge is -2.36. The predicted octanol–water partition coefficient (Wildman–Crippen LogP) is 5.80. The van der Waals surface area contributed by atoms with Crippen LogP contribution < -0.4 is 16.4 Å². The Morgan fingerprint density at radius 2 is 1.76 bits per heavy atom. The summed E-state index contributed by atoms with van der Waals surface area (Å²) < 4.78 is 29.7. The molecule has 4 N–H and O–H groups in total. The minimum Gasteiger partial charge on any atom is -0.369 e. The Morgan fingerprint density at radius 3 is 2.52 bits per heavy atom. The summed E-state index contributed by atoms with van der Waals surface area (Å²) in [4.78, 5) is 20.6. The van der Waals surface area contributed by atoms with Crippen LogP contribution >= 0.6 is 11.6 Å². The van der Waals surface area contributed by atoms with Gasteiger partial charge in [0, 0.05) is 58.8 Å². The molecule has 0 saturated carbocycles. The second kappa shape index (κ2) is 11.5. The van der Waals surface area contributed by atoms with Crippen molar-refractivity contribution in [1.29, 1.82) is 0 Å². The Kier molecular flexibility index (Phi) is 7.57. The number of halogens is 3. The van der Waals surface area contributed by atoms with Crippen molar-refractivity contribution in [2.75, 3.05) is 18.4 Å². The molecule has 4 aromatic rings. The van der Waals surface area contributed by atoms with E-state index in [1.54, 1.807) is 24.4 Å². The molecule has 2 unspecified atom stereocenters. The van der Waals surface area contributed by atoms with Gasteiger partial charge in [0.05, 0.1) is 29.2 Å². The number of guanidine groups is 1. The van der Waals surface area contributed by atoms with Gasteiger partial charge in [0.25, 0.3) is 0 Å². The van der Waals surface area contributed by atoms with E-state index in [9.17, 15) is 8.78 Å². The molecule has 1 aromatic heterocycles. The van der Waals surface area contributed by atoms with Crippen LogP contribution in [0.15, 0.2) is 76.8 Å². The van der Waals surface area contributed by atoms with Crippen LogP contribution in [0.25, 0.3) is 11.3 Å². The third-order valence-electron chi connectivity index (χ3n) is 7.19. The Bertz CT molecular complexity index is 1690. The van der Waals surface area contributed by atoms with Crippen molar-refractivity contribution in [3.05, 3.63) is 100 Å². The smallest absolute Gasteiger partial charge is 0.227 e. The highest BCUT2D eigenvalue weighted by atomic mass is 35.5. The van der Waals surface area contributed by atoms with E-state index in [-0.39, 0.29) is 17.8 Å². The summed E-state index contributed by atoms with van der Waals surface area (Å²) in [5.74, 6) is -0.605. The zero-order valence-electron chi connectivity index (χ0n) is 23.1. The Labute approximate surface area is 247 Å². The van der Waals surface area contributed by atoms with Crippen molar-refractivity contribution in [3.63, 3.8) is 0 Å². The van der Waals surface area contributed by atoms with Gasteiger partial charge in [0.2, 0.25) is 5.95 Å². The molecule has 214 valence electrons. The number of hydrogen-bond donors (Lipinski definition) is 3. The summed E-state index contributed by atoms with van der Waals surface area (Å²) in [5, 5.41) is 7.15. The standard InChI is InChI=1S/C31H29ClF2N8/c1-17-15-42(16-18(2)38-17)30(35)39-21-5-3-6-22(12-21)40-31-37-14-19-13-36-29(27-25(33)7-4-8-26(27)34)24-11-20(32)9-10-23(24)28(19)41-31/h3-12,14,17-18,38H,13,15-16H2,1-2H3,(H2,35,39)(H,37,40,41). The summed E-state index contributed by atoms with van der Waals surface area (Å²) in [5.41, 5.74) is 10.2. The summed E-state index contributed by atoms with van der Waals surface area (Å²) in [6.07, 6.45) is 1.67. The van der Waals surface area contributed by atoms with E-state index in [1.807, 2.05) is 24.3 Å². The van der Waals surface area contributed by atoms with Crippen molar-refractivity contribution in [1.82, 2.24) is 20.2 Å². The van der Waals surface area contributed by atoms with Gasteiger partial charge in [0.15, 0.2) is 5.96 Å². The number of nitrogens with one attached hydrogen (secondary N) is 2. The van der Waals surface area contributed by atoms with Crippen molar-refractivity contribution >= 4 is 40.6 Å². The first-order valence-corrected chi connectivity index (χ1v) is 14.0. The molecule has 6 rings (SSSR count). The highest BCUT2D eigenvalue weighted by Gasteiger charge is 2.25. The van der Waals surface area contributed by atoms with Crippen LogP contribution in [0.4, 0.5) is 26.1 Å². The maximum absolute atomic E-state index is 14.8. The summed E-state index contributed by atoms with van der Waals surface area (Å²) in [6, 6.07) is 17.0. The molecule has 1 fully saturated rings. The first kappa shape index (κ1) is 27.7. The molecule has 0 amide bonds. The lowest BCUT2D eigenvalue weighted by atomic mass is 9.95. The van der Waals surface area contributed by atoms with Crippen molar-refractivity contribution in [2.45, 2.75) is 32.5 Å². The topological polar surface area (TPSA) is 104 Å². The van der Waals surface area contributed by atoms with E-state index >= 15 is 0 Å². The quantitative estimate of drug-likeness (QED) is 0.206. The van der Waals surface area contributed by atoms with Gasteiger partial charge in [-0.2, -0.15) is 0 Å². The van der Waals surface area contributed by atoms with Gasteiger partial charge in [-0.25, -0.2) is 23.7 Å². The lowest BCUT2D eigenvalue weighted by Crippen LogP contribution is -2.57. The molecule has 2 aliphatic heterocycles. The molecule has 2 aliphatic rings. The van der Waals surface area contributed by atoms with Gasteiger partial charge in [-0.1, -0.05) is 29.8 Å². The molecule has 0 radical (unpaired) electrons. The monoisotopic (exact) mass is 586 g/mol. The number of benzene rings is 3. The predicted molar refractivity (Wildman–Crippen MR) is 163 cm³/mol. The second-order valence-corrected chi connectivity index (χ2v) is 11.0. The molecule has 11 heteroatoms. The second-order valence-electron chi connectivity index (χ2n) is 10.5. The number of aromatic nitrogens is 2. The normalized spacial score (nSPS) is 18.5. The van der Waals surface area contributed by atoms with Gasteiger partial charge in [-0.05, 0) is 56.3 Å². The van der Waals surface area contributed by atoms with Crippen molar-refractivity contribution < 1.29 is 8.78 Å². The van der Waals surface area contributed by atoms with Gasteiger partial charge < -0.3 is 21.3 Å². The van der Waals surface area contributed by atoms with Gasteiger partial charge in [0.1, 0.15) is 11.6 Å². The SMILES string of the molecule is CC1CN(C(N)=Nc2cccc(Nc3ncc4c(n3)-c3ccc(Cl)cc3C(c3c(F)cccc3F)=NC4)c2)CC(C)N1. The van der Waals surface area contributed by atoms with E-state index in [0.717, 1.165) is 18.8 Å². The molecule has 42 heavy (non-hydrogen) atoms. The average Bonchev–Trinajstić information content (AvgIpc) is 3.09. The van der Waals surface area contributed by atoms with E-state index in [0.29, 0.717) is 57.1 Å². The molecule has 2 atom stereocenters. The number of anilines is 2. The minimum absolute atomic E-state index is 0.137. The number of hydrogen-bond acceptors (Lipinski definition) is 6. The molecule has 3 heterocycles. The molecule has 1 saturated heterocycles. The van der Waals surface area contributed by atoms with Crippen molar-refractivity contribution in [3.8, 4) is 11.3 Å². The first-order chi connectivity index (χ1) is 20.2. The lowest BCUT2D eigenvalue weighted by molar-refractivity contribution is 0.253. The fourth-order valence-electron chi connectivity index (χ4n) is 5.42. The number of piperazine rings is 1. The zero-order valence-corrected chi connectivity index (χ0v) is 23.8.